The highest BCUT2D eigenvalue weighted by atomic mass is 32.1. The lowest BCUT2D eigenvalue weighted by atomic mass is 10.0. The van der Waals surface area contributed by atoms with Gasteiger partial charge in [0.2, 0.25) is 29.5 Å². The Balaban J connectivity index is 1.59. The summed E-state index contributed by atoms with van der Waals surface area (Å²) >= 11 is 4.26. The summed E-state index contributed by atoms with van der Waals surface area (Å²) in [6, 6.07) is 7.09. The summed E-state index contributed by atoms with van der Waals surface area (Å²) in [5.41, 5.74) is 42.2. The van der Waals surface area contributed by atoms with Crippen molar-refractivity contribution >= 4 is 87.8 Å². The summed E-state index contributed by atoms with van der Waals surface area (Å²) in [5, 5.41) is 24.7. The topological polar surface area (TPSA) is 434 Å². The third-order valence-corrected chi connectivity index (χ3v) is 11.1. The molecule has 0 aliphatic rings. The summed E-state index contributed by atoms with van der Waals surface area (Å²) in [6.45, 7) is 0.320. The Labute approximate surface area is 397 Å². The number of nitrogens with two attached hydrogens (primary N) is 7. The van der Waals surface area contributed by atoms with Crippen LogP contribution in [0.4, 0.5) is 0 Å². The van der Waals surface area contributed by atoms with Crippen molar-refractivity contribution in [2.45, 2.75) is 87.6 Å². The van der Waals surface area contributed by atoms with Crippen LogP contribution < -0.4 is 66.7 Å². The summed E-state index contributed by atoms with van der Waals surface area (Å²) < 4.78 is 0. The van der Waals surface area contributed by atoms with Gasteiger partial charge in [0, 0.05) is 66.0 Å². The maximum Gasteiger partial charge on any atom is 0.326 e. The number of carboxylic acids is 1. The smallest absolute Gasteiger partial charge is 0.326 e. The first-order valence-corrected chi connectivity index (χ1v) is 22.5. The molecule has 6 atom stereocenters. The number of fused-ring (bicyclic) bond motifs is 2. The number of benzene rings is 2. The molecule has 368 valence electrons. The van der Waals surface area contributed by atoms with E-state index in [0.29, 0.717) is 5.56 Å². The number of amides is 5. The second kappa shape index (κ2) is 26.6. The van der Waals surface area contributed by atoms with E-state index in [-0.39, 0.29) is 94.6 Å². The summed E-state index contributed by atoms with van der Waals surface area (Å²) in [6.07, 6.45) is 4.10. The van der Waals surface area contributed by atoms with E-state index in [4.69, 9.17) is 40.1 Å². The van der Waals surface area contributed by atoms with Crippen molar-refractivity contribution < 1.29 is 33.9 Å². The Hall–Kier alpha value is -7.54. The standard InChI is InChI=1S/C43H63N17O7S/c44-27(18-23-20-54-28-10-3-1-8-25(23)28)35(61)56-30(12-5-15-51-41(45)46)36(62)57-31(13-6-16-52-42(47)48)37(63)59-33(19-24-21-55-29-11-4-2-9-26(24)29)38(64)60-34(22-68)39(65)58-32(40(66)67)14-7-17-53-43(49)50/h1-4,8-11,20-21,27,30-34,54-55,68H,5-7,12-19,22,44H2,(H,56,61)(H,57,62)(H,58,65)(H,59,63)(H,60,64)(H,66,67)(H4,45,46,51)(H4,47,48,52)(H4,49,50,53)/t27-,30-,31-,32-,33-,34-/m0/s1. The lowest BCUT2D eigenvalue weighted by molar-refractivity contribution is -0.142. The minimum absolute atomic E-state index is 0.0285. The molecule has 0 saturated carbocycles. The Bertz CT molecular complexity index is 2440. The van der Waals surface area contributed by atoms with Crippen LogP contribution in [0.15, 0.2) is 75.9 Å². The molecule has 2 heterocycles. The van der Waals surface area contributed by atoms with Crippen LogP contribution in [0, 0.1) is 0 Å². The number of nitrogens with one attached hydrogen (secondary N) is 7. The second-order valence-corrected chi connectivity index (χ2v) is 16.3. The van der Waals surface area contributed by atoms with Gasteiger partial charge in [0.1, 0.15) is 30.2 Å². The van der Waals surface area contributed by atoms with Crippen LogP contribution in [0.25, 0.3) is 21.8 Å². The molecule has 2 aromatic carbocycles. The normalized spacial score (nSPS) is 13.7. The number of rotatable bonds is 28. The molecular weight excluding hydrogens is 899 g/mol. The van der Waals surface area contributed by atoms with E-state index in [1.165, 1.54) is 0 Å². The molecule has 22 N–H and O–H groups in total. The molecular formula is C43H63N17O7S. The van der Waals surface area contributed by atoms with Crippen molar-refractivity contribution in [2.75, 3.05) is 25.4 Å². The monoisotopic (exact) mass is 961 g/mol. The predicted molar refractivity (Wildman–Crippen MR) is 263 cm³/mol. The van der Waals surface area contributed by atoms with Crippen molar-refractivity contribution in [3.8, 4) is 0 Å². The van der Waals surface area contributed by atoms with Gasteiger partial charge in [0.05, 0.1) is 6.04 Å². The summed E-state index contributed by atoms with van der Waals surface area (Å²) in [7, 11) is 0. The molecule has 2 aromatic heterocycles. The first-order chi connectivity index (χ1) is 32.5. The Kier molecular flexibility index (Phi) is 20.7. The molecule has 0 radical (unpaired) electrons. The lowest BCUT2D eigenvalue weighted by Gasteiger charge is -2.27. The minimum Gasteiger partial charge on any atom is -0.480 e. The van der Waals surface area contributed by atoms with Crippen LogP contribution >= 0.6 is 12.6 Å². The van der Waals surface area contributed by atoms with Crippen molar-refractivity contribution in [2.24, 2.45) is 55.1 Å². The first-order valence-electron chi connectivity index (χ1n) is 21.8. The Morgan fingerprint density at radius 3 is 1.35 bits per heavy atom. The Morgan fingerprint density at radius 1 is 0.529 bits per heavy atom. The fourth-order valence-electron chi connectivity index (χ4n) is 7.23. The zero-order valence-electron chi connectivity index (χ0n) is 37.4. The number of para-hydroxylation sites is 2. The molecule has 68 heavy (non-hydrogen) atoms. The van der Waals surface area contributed by atoms with Crippen molar-refractivity contribution in [1.29, 1.82) is 0 Å². The maximum atomic E-state index is 14.4. The van der Waals surface area contributed by atoms with Crippen LogP contribution in [-0.2, 0) is 41.6 Å². The maximum absolute atomic E-state index is 14.4. The number of aromatic nitrogens is 2. The molecule has 0 aliphatic carbocycles. The minimum atomic E-state index is -1.37. The zero-order chi connectivity index (χ0) is 49.8. The van der Waals surface area contributed by atoms with E-state index < -0.39 is 71.8 Å². The molecule has 0 unspecified atom stereocenters. The highest BCUT2D eigenvalue weighted by Gasteiger charge is 2.33. The van der Waals surface area contributed by atoms with Gasteiger partial charge in [-0.3, -0.25) is 38.9 Å². The van der Waals surface area contributed by atoms with Crippen LogP contribution in [0.2, 0.25) is 0 Å². The van der Waals surface area contributed by atoms with Gasteiger partial charge >= 0.3 is 5.97 Å². The van der Waals surface area contributed by atoms with Gasteiger partial charge in [-0.15, -0.1) is 0 Å². The van der Waals surface area contributed by atoms with E-state index in [1.54, 1.807) is 18.5 Å². The van der Waals surface area contributed by atoms with Crippen molar-refractivity contribution in [1.82, 2.24) is 36.6 Å². The summed E-state index contributed by atoms with van der Waals surface area (Å²) in [5.74, 6) is -5.97. The van der Waals surface area contributed by atoms with Gasteiger partial charge < -0.3 is 81.8 Å². The third-order valence-electron chi connectivity index (χ3n) is 10.7. The van der Waals surface area contributed by atoms with Gasteiger partial charge in [-0.1, -0.05) is 36.4 Å². The van der Waals surface area contributed by atoms with E-state index in [9.17, 15) is 33.9 Å². The van der Waals surface area contributed by atoms with E-state index in [0.717, 1.165) is 27.4 Å². The van der Waals surface area contributed by atoms with Crippen LogP contribution in [0.5, 0.6) is 0 Å². The van der Waals surface area contributed by atoms with Crippen LogP contribution in [0.3, 0.4) is 0 Å². The molecule has 24 nitrogen and oxygen atoms in total. The molecule has 0 saturated heterocycles. The summed E-state index contributed by atoms with van der Waals surface area (Å²) in [4.78, 5) is 100. The first kappa shape index (κ1) is 53.1. The van der Waals surface area contributed by atoms with Gasteiger partial charge in [0.15, 0.2) is 17.9 Å². The number of H-pyrrole nitrogens is 2. The number of thiol groups is 1. The molecule has 0 bridgehead atoms. The van der Waals surface area contributed by atoms with E-state index in [2.05, 4.69) is 64.2 Å². The van der Waals surface area contributed by atoms with E-state index >= 15 is 0 Å². The third kappa shape index (κ3) is 16.7. The zero-order valence-corrected chi connectivity index (χ0v) is 38.3. The van der Waals surface area contributed by atoms with Crippen LogP contribution in [-0.4, -0.2) is 130 Å². The molecule has 0 aliphatic heterocycles. The number of aliphatic imine (C=N–C) groups is 3. The van der Waals surface area contributed by atoms with Crippen LogP contribution in [0.1, 0.15) is 49.7 Å². The highest BCUT2D eigenvalue weighted by Crippen LogP contribution is 2.21. The number of hydrogen-bond acceptors (Lipinski definition) is 11. The van der Waals surface area contributed by atoms with Gasteiger partial charge in [-0.2, -0.15) is 12.6 Å². The van der Waals surface area contributed by atoms with Gasteiger partial charge in [0.25, 0.3) is 0 Å². The SMILES string of the molecule is NC(N)=NCCC[C@H](NC(=O)[C@H](CS)NC(=O)[C@H](Cc1c[nH]c2ccccc12)NC(=O)[C@H](CCCN=C(N)N)NC(=O)[C@H](CCCN=C(N)N)NC(=O)[C@@H](N)Cc1c[nH]c2ccccc12)C(=O)O. The van der Waals surface area contributed by atoms with Crippen molar-refractivity contribution in [3.63, 3.8) is 0 Å². The number of aromatic amines is 2. The number of hydrogen-bond donors (Lipinski definition) is 16. The van der Waals surface area contributed by atoms with Gasteiger partial charge in [-0.25, -0.2) is 4.79 Å². The second-order valence-electron chi connectivity index (χ2n) is 15.9. The molecule has 0 spiro atoms. The van der Waals surface area contributed by atoms with Gasteiger partial charge in [-0.05, 0) is 68.2 Å². The molecule has 0 fully saturated rings. The molecule has 4 rings (SSSR count). The number of guanidine groups is 3. The quantitative estimate of drug-likeness (QED) is 0.0120. The fraction of sp³-hybridized carbons (Fsp3) is 0.419. The lowest BCUT2D eigenvalue weighted by Crippen LogP contribution is -2.60. The number of aliphatic carboxylic acids is 1. The fourth-order valence-corrected chi connectivity index (χ4v) is 7.48. The number of carboxylic acid groups (broad SMARTS) is 1. The predicted octanol–water partition coefficient (Wildman–Crippen LogP) is -2.64. The highest BCUT2D eigenvalue weighted by molar-refractivity contribution is 7.80. The Morgan fingerprint density at radius 2 is 0.897 bits per heavy atom. The molecule has 4 aromatic rings. The molecule has 5 amide bonds. The van der Waals surface area contributed by atoms with Crippen molar-refractivity contribution in [3.05, 3.63) is 72.1 Å². The largest absolute Gasteiger partial charge is 0.480 e. The number of carbonyl (C=O) groups is 6. The average molecular weight is 962 g/mol. The average Bonchev–Trinajstić information content (AvgIpc) is 3.91. The van der Waals surface area contributed by atoms with E-state index in [1.807, 2.05) is 42.5 Å². The number of nitrogens with zero attached hydrogens (tertiary/aromatic N) is 3. The number of carbonyl (C=O) groups excluding carboxylic acids is 5. The molecule has 25 heteroatoms.